The molecule has 0 radical (unpaired) electrons. The monoisotopic (exact) mass is 341 g/mol. The Morgan fingerprint density at radius 3 is 2.67 bits per heavy atom. The Labute approximate surface area is 132 Å². The second-order valence-electron chi connectivity index (χ2n) is 5.13. The summed E-state index contributed by atoms with van der Waals surface area (Å²) in [6.07, 6.45) is 4.18. The molecule has 3 rings (SSSR count). The lowest BCUT2D eigenvalue weighted by molar-refractivity contribution is 0.0777. The van der Waals surface area contributed by atoms with Gasteiger partial charge in [-0.2, -0.15) is 0 Å². The quantitative estimate of drug-likeness (QED) is 0.752. The van der Waals surface area contributed by atoms with Gasteiger partial charge in [0.25, 0.3) is 0 Å². The Kier molecular flexibility index (Phi) is 3.79. The number of aliphatic hydroxyl groups is 1. The second-order valence-corrected chi connectivity index (χ2v) is 6.05. The Bertz CT molecular complexity index is 782. The van der Waals surface area contributed by atoms with Crippen LogP contribution in [0.1, 0.15) is 24.5 Å². The van der Waals surface area contributed by atoms with Crippen molar-refractivity contribution in [2.75, 3.05) is 0 Å². The summed E-state index contributed by atoms with van der Waals surface area (Å²) in [6.45, 7) is 1.99. The highest BCUT2D eigenvalue weighted by Crippen LogP contribution is 2.37. The van der Waals surface area contributed by atoms with Crippen molar-refractivity contribution in [3.8, 4) is 0 Å². The number of hydrogen-bond donors (Lipinski definition) is 1. The molecule has 0 fully saturated rings. The fraction of sp³-hybridized carbons (Fsp3) is 0.167. The van der Waals surface area contributed by atoms with Crippen LogP contribution in [0, 0.1) is 0 Å². The van der Waals surface area contributed by atoms with Gasteiger partial charge in [-0.05, 0) is 29.5 Å². The maximum absolute atomic E-state index is 11.3. The highest BCUT2D eigenvalue weighted by molar-refractivity contribution is 9.10. The predicted octanol–water partition coefficient (Wildman–Crippen LogP) is 4.64. The topological polar surface area (TPSA) is 33.1 Å². The van der Waals surface area contributed by atoms with Gasteiger partial charge in [0.05, 0.1) is 0 Å². The van der Waals surface area contributed by atoms with E-state index in [1.807, 2.05) is 61.7 Å². The minimum Gasteiger partial charge on any atom is -0.380 e. The Morgan fingerprint density at radius 2 is 1.90 bits per heavy atom. The molecule has 3 aromatic rings. The molecule has 0 bridgehead atoms. The van der Waals surface area contributed by atoms with Crippen molar-refractivity contribution >= 4 is 26.7 Å². The summed E-state index contributed by atoms with van der Waals surface area (Å²) in [5.41, 5.74) is 0.677. The zero-order valence-corrected chi connectivity index (χ0v) is 13.3. The van der Waals surface area contributed by atoms with Crippen LogP contribution in [0.2, 0.25) is 0 Å². The molecule has 0 aliphatic heterocycles. The van der Waals surface area contributed by atoms with E-state index < -0.39 is 5.60 Å². The van der Waals surface area contributed by atoms with Crippen LogP contribution in [-0.4, -0.2) is 10.1 Å². The molecular formula is C18H16BrNO. The fourth-order valence-corrected chi connectivity index (χ4v) is 3.14. The van der Waals surface area contributed by atoms with Gasteiger partial charge < -0.3 is 5.11 Å². The molecule has 1 aromatic heterocycles. The normalized spacial score (nSPS) is 14.0. The van der Waals surface area contributed by atoms with Crippen LogP contribution in [-0.2, 0) is 5.60 Å². The summed E-state index contributed by atoms with van der Waals surface area (Å²) in [7, 11) is 0. The number of hydrogen-bond acceptors (Lipinski definition) is 2. The largest absolute Gasteiger partial charge is 0.380 e. The molecule has 3 heteroatoms. The summed E-state index contributed by atoms with van der Waals surface area (Å²) < 4.78 is 0.958. The van der Waals surface area contributed by atoms with Crippen LogP contribution in [0.3, 0.4) is 0 Å². The molecule has 0 saturated carbocycles. The van der Waals surface area contributed by atoms with E-state index in [9.17, 15) is 5.11 Å². The summed E-state index contributed by atoms with van der Waals surface area (Å²) in [4.78, 5) is 4.30. The zero-order valence-electron chi connectivity index (χ0n) is 11.8. The number of nitrogens with zero attached hydrogens (tertiary/aromatic N) is 1. The van der Waals surface area contributed by atoms with Crippen molar-refractivity contribution in [3.05, 3.63) is 76.5 Å². The number of rotatable bonds is 3. The summed E-state index contributed by atoms with van der Waals surface area (Å²) >= 11 is 3.48. The van der Waals surface area contributed by atoms with E-state index in [1.165, 1.54) is 0 Å². The third-order valence-electron chi connectivity index (χ3n) is 3.93. The highest BCUT2D eigenvalue weighted by Gasteiger charge is 2.31. The summed E-state index contributed by atoms with van der Waals surface area (Å²) in [5, 5.41) is 13.4. The van der Waals surface area contributed by atoms with Gasteiger partial charge in [0, 0.05) is 27.8 Å². The minimum absolute atomic E-state index is 0.582. The lowest BCUT2D eigenvalue weighted by Crippen LogP contribution is -2.26. The number of pyridine rings is 1. The van der Waals surface area contributed by atoms with Crippen molar-refractivity contribution in [3.63, 3.8) is 0 Å². The lowest BCUT2D eigenvalue weighted by atomic mass is 9.83. The van der Waals surface area contributed by atoms with Crippen molar-refractivity contribution in [2.24, 2.45) is 0 Å². The van der Waals surface area contributed by atoms with Gasteiger partial charge in [0.2, 0.25) is 0 Å². The van der Waals surface area contributed by atoms with Crippen LogP contribution < -0.4 is 0 Å². The highest BCUT2D eigenvalue weighted by atomic mass is 79.9. The first kappa shape index (κ1) is 14.2. The Hall–Kier alpha value is -1.71. The molecule has 21 heavy (non-hydrogen) atoms. The maximum Gasteiger partial charge on any atom is 0.116 e. The Balaban J connectivity index is 2.27. The van der Waals surface area contributed by atoms with E-state index in [4.69, 9.17) is 0 Å². The molecule has 2 aromatic carbocycles. The second kappa shape index (κ2) is 5.58. The van der Waals surface area contributed by atoms with E-state index >= 15 is 0 Å². The van der Waals surface area contributed by atoms with Crippen LogP contribution in [0.25, 0.3) is 10.8 Å². The van der Waals surface area contributed by atoms with E-state index in [-0.39, 0.29) is 0 Å². The number of benzene rings is 2. The van der Waals surface area contributed by atoms with Crippen molar-refractivity contribution in [1.82, 2.24) is 4.98 Å². The molecule has 0 aliphatic carbocycles. The standard InChI is InChI=1S/C18H16BrNO/c1-2-18(21,14-7-5-8-15(19)10-14)17-12-20-11-13-6-3-4-9-16(13)17/h3-12,21H,2H2,1H3. The number of fused-ring (bicyclic) bond motifs is 1. The molecule has 1 atom stereocenters. The molecule has 0 amide bonds. The average molecular weight is 342 g/mol. The van der Waals surface area contributed by atoms with Crippen molar-refractivity contribution in [2.45, 2.75) is 18.9 Å². The summed E-state index contributed by atoms with van der Waals surface area (Å²) in [5.74, 6) is 0. The number of aromatic nitrogens is 1. The first-order chi connectivity index (χ1) is 10.1. The first-order valence-corrected chi connectivity index (χ1v) is 7.76. The molecule has 106 valence electrons. The first-order valence-electron chi connectivity index (χ1n) is 6.97. The molecule has 1 N–H and O–H groups in total. The Morgan fingerprint density at radius 1 is 1.10 bits per heavy atom. The molecule has 2 nitrogen and oxygen atoms in total. The average Bonchev–Trinajstić information content (AvgIpc) is 2.53. The van der Waals surface area contributed by atoms with Crippen molar-refractivity contribution < 1.29 is 5.11 Å². The molecule has 0 spiro atoms. The third-order valence-corrected chi connectivity index (χ3v) is 4.42. The molecule has 0 saturated heterocycles. The SMILES string of the molecule is CCC(O)(c1cccc(Br)c1)c1cncc2ccccc12. The maximum atomic E-state index is 11.3. The van der Waals surface area contributed by atoms with Gasteiger partial charge in [0.15, 0.2) is 0 Å². The van der Waals surface area contributed by atoms with Crippen LogP contribution in [0.15, 0.2) is 65.4 Å². The van der Waals surface area contributed by atoms with Gasteiger partial charge in [-0.3, -0.25) is 4.98 Å². The van der Waals surface area contributed by atoms with Crippen LogP contribution in [0.4, 0.5) is 0 Å². The summed E-state index contributed by atoms with van der Waals surface area (Å²) in [6, 6.07) is 15.8. The third kappa shape index (κ3) is 2.47. The van der Waals surface area contributed by atoms with E-state index in [0.717, 1.165) is 26.4 Å². The minimum atomic E-state index is -1.04. The molecule has 1 heterocycles. The molecule has 0 aliphatic rings. The van der Waals surface area contributed by atoms with Gasteiger partial charge in [-0.15, -0.1) is 0 Å². The van der Waals surface area contributed by atoms with Gasteiger partial charge in [-0.25, -0.2) is 0 Å². The van der Waals surface area contributed by atoms with E-state index in [2.05, 4.69) is 20.9 Å². The van der Waals surface area contributed by atoms with Gasteiger partial charge in [0.1, 0.15) is 5.60 Å². The van der Waals surface area contributed by atoms with Gasteiger partial charge >= 0.3 is 0 Å². The molecule has 1 unspecified atom stereocenters. The fourth-order valence-electron chi connectivity index (χ4n) is 2.74. The lowest BCUT2D eigenvalue weighted by Gasteiger charge is -2.29. The predicted molar refractivity (Wildman–Crippen MR) is 89.2 cm³/mol. The van der Waals surface area contributed by atoms with Crippen LogP contribution in [0.5, 0.6) is 0 Å². The van der Waals surface area contributed by atoms with Crippen molar-refractivity contribution in [1.29, 1.82) is 0 Å². The number of halogens is 1. The van der Waals surface area contributed by atoms with E-state index in [0.29, 0.717) is 6.42 Å². The smallest absolute Gasteiger partial charge is 0.116 e. The van der Waals surface area contributed by atoms with Crippen LogP contribution >= 0.6 is 15.9 Å². The van der Waals surface area contributed by atoms with E-state index in [1.54, 1.807) is 6.20 Å². The molecular weight excluding hydrogens is 326 g/mol. The van der Waals surface area contributed by atoms with Gasteiger partial charge in [-0.1, -0.05) is 59.3 Å². The zero-order chi connectivity index (χ0) is 14.9.